The normalized spacial score (nSPS) is 10.5. The first-order valence-electron chi connectivity index (χ1n) is 6.07. The number of ether oxygens (including phenoxy) is 1. The summed E-state index contributed by atoms with van der Waals surface area (Å²) in [6.45, 7) is 4.82. The van der Waals surface area contributed by atoms with Crippen LogP contribution in [0.5, 0.6) is 5.75 Å². The van der Waals surface area contributed by atoms with Gasteiger partial charge in [0.15, 0.2) is 0 Å². The van der Waals surface area contributed by atoms with Gasteiger partial charge in [-0.2, -0.15) is 5.26 Å². The fourth-order valence-electron chi connectivity index (χ4n) is 2.41. The summed E-state index contributed by atoms with van der Waals surface area (Å²) >= 11 is 0. The Balaban J connectivity index is 2.81. The number of nitrogens with one attached hydrogen (secondary N) is 1. The molecule has 2 aromatic rings. The molecule has 1 heterocycles. The summed E-state index contributed by atoms with van der Waals surface area (Å²) in [6, 6.07) is 6.08. The van der Waals surface area contributed by atoms with Crippen LogP contribution in [-0.2, 0) is 11.4 Å². The van der Waals surface area contributed by atoms with E-state index in [0.29, 0.717) is 17.0 Å². The predicted molar refractivity (Wildman–Crippen MR) is 74.2 cm³/mol. The van der Waals surface area contributed by atoms with Crippen molar-refractivity contribution >= 4 is 16.6 Å². The molecule has 0 bridgehead atoms. The van der Waals surface area contributed by atoms with Crippen molar-refractivity contribution in [2.45, 2.75) is 20.4 Å². The van der Waals surface area contributed by atoms with Crippen LogP contribution in [0.25, 0.3) is 10.9 Å². The van der Waals surface area contributed by atoms with E-state index in [1.165, 1.54) is 7.11 Å². The van der Waals surface area contributed by atoms with Gasteiger partial charge in [-0.15, -0.1) is 0 Å². The third-order valence-corrected chi connectivity index (χ3v) is 3.28. The summed E-state index contributed by atoms with van der Waals surface area (Å²) in [5.41, 5.74) is 6.14. The quantitative estimate of drug-likeness (QED) is 0.858. The Kier molecular flexibility index (Phi) is 3.63. The van der Waals surface area contributed by atoms with Crippen LogP contribution >= 0.6 is 0 Å². The van der Waals surface area contributed by atoms with Crippen LogP contribution < -0.4 is 10.2 Å². The van der Waals surface area contributed by atoms with E-state index < -0.39 is 0 Å². The van der Waals surface area contributed by atoms with Crippen molar-refractivity contribution in [1.29, 1.82) is 5.26 Å². The lowest BCUT2D eigenvalue weighted by atomic mass is 10.1. The number of fused-ring (bicyclic) bond motifs is 1. The number of benzene rings is 1. The first kappa shape index (κ1) is 13.2. The molecular weight excluding hydrogens is 242 g/mol. The second-order valence-electron chi connectivity index (χ2n) is 4.19. The Bertz CT molecular complexity index is 653. The molecule has 0 saturated heterocycles. The van der Waals surface area contributed by atoms with Crippen molar-refractivity contribution in [3.8, 4) is 11.8 Å². The highest BCUT2D eigenvalue weighted by atomic mass is 16.6. The molecule has 0 unspecified atom stereocenters. The minimum atomic E-state index is 0.686. The van der Waals surface area contributed by atoms with Gasteiger partial charge in [0.25, 0.3) is 0 Å². The van der Waals surface area contributed by atoms with E-state index in [-0.39, 0.29) is 0 Å². The van der Waals surface area contributed by atoms with E-state index in [9.17, 15) is 5.26 Å². The number of hydrogen-bond donors (Lipinski definition) is 1. The van der Waals surface area contributed by atoms with Gasteiger partial charge in [-0.05, 0) is 19.9 Å². The zero-order chi connectivity index (χ0) is 14.0. The highest BCUT2D eigenvalue weighted by Gasteiger charge is 2.16. The molecule has 0 aliphatic carbocycles. The maximum atomic E-state index is 9.33. The van der Waals surface area contributed by atoms with Crippen LogP contribution in [0.2, 0.25) is 0 Å². The summed E-state index contributed by atoms with van der Waals surface area (Å²) in [4.78, 5) is 4.94. The molecule has 0 radical (unpaired) electrons. The molecule has 0 fully saturated rings. The molecule has 0 aliphatic rings. The number of nitrogens with zero attached hydrogens (tertiary/aromatic N) is 2. The van der Waals surface area contributed by atoms with Gasteiger partial charge in [-0.1, -0.05) is 0 Å². The summed E-state index contributed by atoms with van der Waals surface area (Å²) in [5.74, 6) is 0.686. The first-order valence-corrected chi connectivity index (χ1v) is 6.07. The summed E-state index contributed by atoms with van der Waals surface area (Å²) in [6.07, 6.45) is 0. The van der Waals surface area contributed by atoms with Crippen molar-refractivity contribution in [2.75, 3.05) is 19.7 Å². The Morgan fingerprint density at radius 3 is 2.63 bits per heavy atom. The van der Waals surface area contributed by atoms with Gasteiger partial charge in [-0.3, -0.25) is 10.3 Å². The lowest BCUT2D eigenvalue weighted by Crippen LogP contribution is -2.00. The lowest BCUT2D eigenvalue weighted by Gasteiger charge is -2.11. The molecule has 1 N–H and O–H groups in total. The number of rotatable bonds is 4. The smallest absolute Gasteiger partial charge is 0.146 e. The molecule has 0 spiro atoms. The molecule has 1 aromatic heterocycles. The molecule has 1 aromatic carbocycles. The van der Waals surface area contributed by atoms with Crippen molar-refractivity contribution in [1.82, 2.24) is 4.57 Å². The molecule has 2 rings (SSSR count). The SMILES string of the molecule is CCn1c(C)c(C#N)c2cc(NOC)c(OC)cc21. The van der Waals surface area contributed by atoms with Crippen LogP contribution in [0.1, 0.15) is 18.2 Å². The van der Waals surface area contributed by atoms with Gasteiger partial charge >= 0.3 is 0 Å². The molecule has 19 heavy (non-hydrogen) atoms. The average molecular weight is 259 g/mol. The van der Waals surface area contributed by atoms with Gasteiger partial charge in [0, 0.05) is 23.7 Å². The zero-order valence-corrected chi connectivity index (χ0v) is 11.6. The monoisotopic (exact) mass is 259 g/mol. The maximum Gasteiger partial charge on any atom is 0.146 e. The van der Waals surface area contributed by atoms with E-state index in [4.69, 9.17) is 9.57 Å². The Labute approximate surface area is 112 Å². The fraction of sp³-hybridized carbons (Fsp3) is 0.357. The van der Waals surface area contributed by atoms with Crippen molar-refractivity contribution < 1.29 is 9.57 Å². The van der Waals surface area contributed by atoms with Crippen LogP contribution in [0.3, 0.4) is 0 Å². The van der Waals surface area contributed by atoms with Gasteiger partial charge in [0.2, 0.25) is 0 Å². The molecular formula is C14H17N3O2. The summed E-state index contributed by atoms with van der Waals surface area (Å²) < 4.78 is 7.45. The molecule has 0 amide bonds. The summed E-state index contributed by atoms with van der Waals surface area (Å²) in [7, 11) is 3.15. The Morgan fingerprint density at radius 1 is 1.37 bits per heavy atom. The topological polar surface area (TPSA) is 59.2 Å². The van der Waals surface area contributed by atoms with Crippen molar-refractivity contribution in [3.05, 3.63) is 23.4 Å². The average Bonchev–Trinajstić information content (AvgIpc) is 2.68. The summed E-state index contributed by atoms with van der Waals surface area (Å²) in [5, 5.41) is 10.2. The minimum Gasteiger partial charge on any atom is -0.494 e. The minimum absolute atomic E-state index is 0.686. The maximum absolute atomic E-state index is 9.33. The standard InChI is InChI=1S/C14H17N3O2/c1-5-17-9(2)11(8-15)10-6-12(16-19-4)14(18-3)7-13(10)17/h6-7,16H,5H2,1-4H3. The molecule has 5 nitrogen and oxygen atoms in total. The zero-order valence-electron chi connectivity index (χ0n) is 11.6. The highest BCUT2D eigenvalue weighted by Crippen LogP contribution is 2.34. The highest BCUT2D eigenvalue weighted by molar-refractivity contribution is 5.92. The second-order valence-corrected chi connectivity index (χ2v) is 4.19. The van der Waals surface area contributed by atoms with E-state index >= 15 is 0 Å². The van der Waals surface area contributed by atoms with Crippen LogP contribution in [0.15, 0.2) is 12.1 Å². The van der Waals surface area contributed by atoms with Gasteiger partial charge in [0.05, 0.1) is 25.3 Å². The molecule has 0 atom stereocenters. The predicted octanol–water partition coefficient (Wildman–Crippen LogP) is 2.82. The van der Waals surface area contributed by atoms with Crippen molar-refractivity contribution in [2.24, 2.45) is 0 Å². The lowest BCUT2D eigenvalue weighted by molar-refractivity contribution is 0.268. The van der Waals surface area contributed by atoms with Crippen LogP contribution in [0.4, 0.5) is 5.69 Å². The first-order chi connectivity index (χ1) is 9.17. The number of aryl methyl sites for hydroxylation is 1. The molecule has 0 saturated carbocycles. The van der Waals surface area contributed by atoms with E-state index in [2.05, 4.69) is 23.0 Å². The van der Waals surface area contributed by atoms with E-state index in [0.717, 1.165) is 23.1 Å². The fourth-order valence-corrected chi connectivity index (χ4v) is 2.41. The number of hydrogen-bond acceptors (Lipinski definition) is 4. The van der Waals surface area contributed by atoms with Gasteiger partial charge < -0.3 is 9.30 Å². The third kappa shape index (κ3) is 2.00. The van der Waals surface area contributed by atoms with Gasteiger partial charge in [-0.25, -0.2) is 0 Å². The number of methoxy groups -OCH3 is 1. The third-order valence-electron chi connectivity index (χ3n) is 3.28. The van der Waals surface area contributed by atoms with E-state index in [1.807, 2.05) is 19.1 Å². The van der Waals surface area contributed by atoms with E-state index in [1.54, 1.807) is 7.11 Å². The largest absolute Gasteiger partial charge is 0.494 e. The number of anilines is 1. The van der Waals surface area contributed by atoms with Crippen molar-refractivity contribution in [3.63, 3.8) is 0 Å². The van der Waals surface area contributed by atoms with Crippen LogP contribution in [0, 0.1) is 18.3 Å². The second kappa shape index (κ2) is 5.21. The molecule has 100 valence electrons. The Morgan fingerprint density at radius 2 is 2.11 bits per heavy atom. The number of aromatic nitrogens is 1. The number of nitriles is 1. The molecule has 5 heteroatoms. The van der Waals surface area contributed by atoms with Crippen LogP contribution in [-0.4, -0.2) is 18.8 Å². The van der Waals surface area contributed by atoms with Gasteiger partial charge in [0.1, 0.15) is 17.5 Å². The Hall–Kier alpha value is -2.19. The molecule has 0 aliphatic heterocycles.